The highest BCUT2D eigenvalue weighted by molar-refractivity contribution is 5.85. The van der Waals surface area contributed by atoms with Gasteiger partial charge in [0.05, 0.1) is 4.92 Å². The third kappa shape index (κ3) is 4.90. The zero-order valence-corrected chi connectivity index (χ0v) is 12.9. The molecule has 0 aliphatic carbocycles. The van der Waals surface area contributed by atoms with Gasteiger partial charge in [-0.1, -0.05) is 0 Å². The molecule has 1 unspecified atom stereocenters. The van der Waals surface area contributed by atoms with Gasteiger partial charge in [-0.15, -0.1) is 0 Å². The van der Waals surface area contributed by atoms with E-state index < -0.39 is 11.0 Å². The first-order valence-corrected chi connectivity index (χ1v) is 6.56. The number of carbonyl (C=O) groups is 1. The molecule has 0 radical (unpaired) electrons. The molecule has 0 saturated heterocycles. The Morgan fingerprint density at radius 2 is 2.00 bits per heavy atom. The molecule has 0 aliphatic heterocycles. The summed E-state index contributed by atoms with van der Waals surface area (Å²) in [6.45, 7) is 7.21. The van der Waals surface area contributed by atoms with Crippen molar-refractivity contribution in [2.75, 3.05) is 17.7 Å². The van der Waals surface area contributed by atoms with Crippen LogP contribution in [-0.4, -0.2) is 34.4 Å². The second kappa shape index (κ2) is 6.38. The number of nitrogens with zero attached hydrogens (tertiary/aromatic N) is 2. The molecular weight excluding hydrogens is 274 g/mol. The number of aromatic nitrogens is 1. The van der Waals surface area contributed by atoms with E-state index >= 15 is 0 Å². The summed E-state index contributed by atoms with van der Waals surface area (Å²) in [4.78, 5) is 26.6. The van der Waals surface area contributed by atoms with Gasteiger partial charge >= 0.3 is 5.69 Å². The summed E-state index contributed by atoms with van der Waals surface area (Å²) >= 11 is 0. The van der Waals surface area contributed by atoms with E-state index in [-0.39, 0.29) is 23.0 Å². The van der Waals surface area contributed by atoms with E-state index in [2.05, 4.69) is 20.9 Å². The molecule has 0 saturated carbocycles. The Kier molecular flexibility index (Phi) is 5.07. The molecule has 0 aromatic carbocycles. The fraction of sp³-hybridized carbons (Fsp3) is 0.538. The molecule has 116 valence electrons. The lowest BCUT2D eigenvalue weighted by Gasteiger charge is -2.23. The monoisotopic (exact) mass is 295 g/mol. The van der Waals surface area contributed by atoms with Gasteiger partial charge in [0.25, 0.3) is 0 Å². The van der Waals surface area contributed by atoms with Crippen LogP contribution in [0.15, 0.2) is 12.1 Å². The zero-order chi connectivity index (χ0) is 16.2. The predicted molar refractivity (Wildman–Crippen MR) is 81.4 cm³/mol. The van der Waals surface area contributed by atoms with Crippen LogP contribution in [0.3, 0.4) is 0 Å². The number of amides is 1. The average molecular weight is 295 g/mol. The molecule has 8 nitrogen and oxygen atoms in total. The van der Waals surface area contributed by atoms with Crippen LogP contribution < -0.4 is 16.0 Å². The lowest BCUT2D eigenvalue weighted by molar-refractivity contribution is -0.384. The fourth-order valence-electron chi connectivity index (χ4n) is 1.59. The van der Waals surface area contributed by atoms with Crippen molar-refractivity contribution >= 4 is 23.2 Å². The van der Waals surface area contributed by atoms with Crippen LogP contribution in [0.25, 0.3) is 0 Å². The van der Waals surface area contributed by atoms with Gasteiger partial charge in [0.15, 0.2) is 0 Å². The molecule has 3 N–H and O–H groups in total. The number of hydrogen-bond donors (Lipinski definition) is 3. The Morgan fingerprint density at radius 3 is 2.48 bits per heavy atom. The van der Waals surface area contributed by atoms with Gasteiger partial charge in [0, 0.05) is 18.7 Å². The van der Waals surface area contributed by atoms with Crippen molar-refractivity contribution in [2.24, 2.45) is 0 Å². The maximum Gasteiger partial charge on any atom is 0.311 e. The van der Waals surface area contributed by atoms with E-state index in [1.54, 1.807) is 14.0 Å². The lowest BCUT2D eigenvalue weighted by atomic mass is 10.1. The SMILES string of the molecule is CNc1ccc([N+](=O)[O-])c(NC(C)C(=O)NC(C)(C)C)n1. The Labute approximate surface area is 123 Å². The summed E-state index contributed by atoms with van der Waals surface area (Å²) in [5.74, 6) is 0.281. The largest absolute Gasteiger partial charge is 0.373 e. The first kappa shape index (κ1) is 16.7. The normalized spacial score (nSPS) is 12.4. The van der Waals surface area contributed by atoms with E-state index in [1.807, 2.05) is 20.8 Å². The summed E-state index contributed by atoms with van der Waals surface area (Å²) in [5.41, 5.74) is -0.552. The van der Waals surface area contributed by atoms with Gasteiger partial charge in [0.2, 0.25) is 11.7 Å². The summed E-state index contributed by atoms with van der Waals surface area (Å²) < 4.78 is 0. The molecule has 1 heterocycles. The van der Waals surface area contributed by atoms with E-state index in [1.165, 1.54) is 12.1 Å². The highest BCUT2D eigenvalue weighted by Crippen LogP contribution is 2.24. The number of nitrogens with one attached hydrogen (secondary N) is 3. The Morgan fingerprint density at radius 1 is 1.38 bits per heavy atom. The maximum atomic E-state index is 12.0. The molecule has 21 heavy (non-hydrogen) atoms. The minimum absolute atomic E-state index is 0.0587. The van der Waals surface area contributed by atoms with E-state index in [0.29, 0.717) is 5.82 Å². The van der Waals surface area contributed by atoms with Crippen molar-refractivity contribution in [2.45, 2.75) is 39.3 Å². The lowest BCUT2D eigenvalue weighted by Crippen LogP contribution is -2.47. The minimum atomic E-state index is -0.650. The smallest absolute Gasteiger partial charge is 0.311 e. The fourth-order valence-corrected chi connectivity index (χ4v) is 1.59. The molecule has 1 aromatic heterocycles. The van der Waals surface area contributed by atoms with Gasteiger partial charge in [-0.3, -0.25) is 14.9 Å². The number of nitro groups is 1. The second-order valence-electron chi connectivity index (χ2n) is 5.68. The van der Waals surface area contributed by atoms with Crippen molar-refractivity contribution < 1.29 is 9.72 Å². The van der Waals surface area contributed by atoms with Crippen LogP contribution in [0.5, 0.6) is 0 Å². The van der Waals surface area contributed by atoms with Crippen LogP contribution >= 0.6 is 0 Å². The quantitative estimate of drug-likeness (QED) is 0.564. The molecule has 1 aromatic rings. The van der Waals surface area contributed by atoms with Crippen molar-refractivity contribution in [3.8, 4) is 0 Å². The summed E-state index contributed by atoms with van der Waals surface area (Å²) in [5, 5.41) is 19.4. The van der Waals surface area contributed by atoms with Crippen LogP contribution in [-0.2, 0) is 4.79 Å². The predicted octanol–water partition coefficient (Wildman–Crippen LogP) is 1.75. The second-order valence-corrected chi connectivity index (χ2v) is 5.68. The van der Waals surface area contributed by atoms with Gasteiger partial charge in [0.1, 0.15) is 11.9 Å². The van der Waals surface area contributed by atoms with E-state index in [4.69, 9.17) is 0 Å². The Hall–Kier alpha value is -2.38. The molecule has 1 atom stereocenters. The molecule has 1 rings (SSSR count). The third-order valence-electron chi connectivity index (χ3n) is 2.57. The number of carbonyl (C=O) groups excluding carboxylic acids is 1. The zero-order valence-electron chi connectivity index (χ0n) is 12.9. The van der Waals surface area contributed by atoms with Crippen LogP contribution in [0.1, 0.15) is 27.7 Å². The molecule has 0 fully saturated rings. The minimum Gasteiger partial charge on any atom is -0.373 e. The molecule has 8 heteroatoms. The average Bonchev–Trinajstić information content (AvgIpc) is 2.36. The Balaban J connectivity index is 2.95. The first-order valence-electron chi connectivity index (χ1n) is 6.56. The van der Waals surface area contributed by atoms with Crippen molar-refractivity contribution in [3.05, 3.63) is 22.2 Å². The molecular formula is C13H21N5O3. The highest BCUT2D eigenvalue weighted by Gasteiger charge is 2.23. The number of hydrogen-bond acceptors (Lipinski definition) is 6. The van der Waals surface area contributed by atoms with E-state index in [0.717, 1.165) is 0 Å². The van der Waals surface area contributed by atoms with Crippen LogP contribution in [0.2, 0.25) is 0 Å². The number of pyridine rings is 1. The standard InChI is InChI=1S/C13H21N5O3/c1-8(12(19)17-13(2,3)4)15-11-9(18(20)21)6-7-10(14-5)16-11/h6-8H,1-5H3,(H,17,19)(H2,14,15,16). The Bertz CT molecular complexity index is 539. The molecule has 0 spiro atoms. The van der Waals surface area contributed by atoms with Crippen molar-refractivity contribution in [1.82, 2.24) is 10.3 Å². The summed E-state index contributed by atoms with van der Waals surface area (Å²) in [6.07, 6.45) is 0. The van der Waals surface area contributed by atoms with Crippen molar-refractivity contribution in [1.29, 1.82) is 0 Å². The topological polar surface area (TPSA) is 109 Å². The maximum absolute atomic E-state index is 12.0. The van der Waals surface area contributed by atoms with E-state index in [9.17, 15) is 14.9 Å². The number of anilines is 2. The third-order valence-corrected chi connectivity index (χ3v) is 2.57. The molecule has 0 bridgehead atoms. The summed E-state index contributed by atoms with van der Waals surface area (Å²) in [7, 11) is 1.66. The van der Waals surface area contributed by atoms with Crippen LogP contribution in [0, 0.1) is 10.1 Å². The molecule has 0 aliphatic rings. The first-order chi connectivity index (χ1) is 9.64. The van der Waals surface area contributed by atoms with Crippen molar-refractivity contribution in [3.63, 3.8) is 0 Å². The van der Waals surface area contributed by atoms with Gasteiger partial charge in [-0.25, -0.2) is 4.98 Å². The van der Waals surface area contributed by atoms with Crippen LogP contribution in [0.4, 0.5) is 17.3 Å². The van der Waals surface area contributed by atoms with Gasteiger partial charge in [-0.05, 0) is 33.8 Å². The number of rotatable bonds is 5. The van der Waals surface area contributed by atoms with Gasteiger partial charge in [-0.2, -0.15) is 0 Å². The highest BCUT2D eigenvalue weighted by atomic mass is 16.6. The summed E-state index contributed by atoms with van der Waals surface area (Å²) in [6, 6.07) is 2.20. The molecule has 1 amide bonds. The van der Waals surface area contributed by atoms with Gasteiger partial charge < -0.3 is 16.0 Å².